The molecule has 0 spiro atoms. The van der Waals surface area contributed by atoms with Crippen LogP contribution in [0.4, 0.5) is 0 Å². The summed E-state index contributed by atoms with van der Waals surface area (Å²) in [5.41, 5.74) is 3.71. The minimum atomic E-state index is -0.413. The number of nitrogens with zero attached hydrogens (tertiary/aromatic N) is 1. The van der Waals surface area contributed by atoms with Crippen molar-refractivity contribution in [2.75, 3.05) is 20.8 Å². The monoisotopic (exact) mass is 419 g/mol. The molecule has 7 heteroatoms. The van der Waals surface area contributed by atoms with Gasteiger partial charge in [-0.05, 0) is 24.3 Å². The Bertz CT molecular complexity index is 1200. The molecule has 160 valence electrons. The topological polar surface area (TPSA) is 96.4 Å². The Morgan fingerprint density at radius 1 is 1.29 bits per heavy atom. The van der Waals surface area contributed by atoms with E-state index >= 15 is 0 Å². The molecule has 0 aliphatic rings. The molecule has 2 heterocycles. The summed E-state index contributed by atoms with van der Waals surface area (Å²) in [6.07, 6.45) is 7.34. The number of carbonyl (C=O) groups excluding carboxylic acids is 2. The van der Waals surface area contributed by atoms with E-state index in [0.29, 0.717) is 41.0 Å². The van der Waals surface area contributed by atoms with Crippen molar-refractivity contribution >= 4 is 46.4 Å². The zero-order chi connectivity index (χ0) is 22.5. The predicted molar refractivity (Wildman–Crippen MR) is 123 cm³/mol. The maximum atomic E-state index is 13.1. The number of ether oxygens (including phenoxy) is 1. The first-order chi connectivity index (χ1) is 15.0. The van der Waals surface area contributed by atoms with Gasteiger partial charge in [-0.2, -0.15) is 0 Å². The van der Waals surface area contributed by atoms with Gasteiger partial charge < -0.3 is 24.7 Å². The average molecular weight is 419 g/mol. The Kier molecular flexibility index (Phi) is 6.57. The standard InChI is InChI=1S/C24H25N3O4/c1-5-16-18(12-26-21(16)6-2)20(14-29)23(24(30)25-3)19-13-27(9-10-28)22-8-7-15(31-4)11-17(19)22/h5-8,11-14,26,28H,1-2,9-10H2,3-4H3,(H,25,30)/b23-20+. The fraction of sp³-hybridized carbons (Fsp3) is 0.167. The van der Waals surface area contributed by atoms with Crippen molar-refractivity contribution in [3.63, 3.8) is 0 Å². The highest BCUT2D eigenvalue weighted by Crippen LogP contribution is 2.36. The Hall–Kier alpha value is -3.84. The van der Waals surface area contributed by atoms with Crippen LogP contribution in [0.1, 0.15) is 22.4 Å². The summed E-state index contributed by atoms with van der Waals surface area (Å²) < 4.78 is 7.21. The lowest BCUT2D eigenvalue weighted by molar-refractivity contribution is -0.115. The van der Waals surface area contributed by atoms with Crippen molar-refractivity contribution in [3.05, 3.63) is 66.1 Å². The molecule has 2 aromatic heterocycles. The Labute approximate surface area is 180 Å². The predicted octanol–water partition coefficient (Wildman–Crippen LogP) is 3.11. The highest BCUT2D eigenvalue weighted by atomic mass is 16.5. The second-order valence-electron chi connectivity index (χ2n) is 6.77. The molecule has 0 fully saturated rings. The number of hydrogen-bond donors (Lipinski definition) is 3. The van der Waals surface area contributed by atoms with E-state index in [4.69, 9.17) is 4.74 Å². The molecule has 1 amide bonds. The van der Waals surface area contributed by atoms with Crippen LogP contribution in [0.25, 0.3) is 34.2 Å². The van der Waals surface area contributed by atoms with Crippen LogP contribution in [0.5, 0.6) is 5.75 Å². The van der Waals surface area contributed by atoms with E-state index in [1.165, 1.54) is 7.05 Å². The van der Waals surface area contributed by atoms with E-state index in [1.54, 1.807) is 31.7 Å². The van der Waals surface area contributed by atoms with Gasteiger partial charge in [0, 0.05) is 64.8 Å². The second-order valence-corrected chi connectivity index (χ2v) is 6.77. The Morgan fingerprint density at radius 3 is 2.65 bits per heavy atom. The minimum absolute atomic E-state index is 0.0735. The quantitative estimate of drug-likeness (QED) is 0.367. The molecule has 7 nitrogen and oxygen atoms in total. The fourth-order valence-corrected chi connectivity index (χ4v) is 3.73. The summed E-state index contributed by atoms with van der Waals surface area (Å²) >= 11 is 0. The molecule has 3 aromatic rings. The third-order valence-corrected chi connectivity index (χ3v) is 5.19. The number of aliphatic hydroxyl groups is 1. The first kappa shape index (κ1) is 21.9. The van der Waals surface area contributed by atoms with E-state index in [1.807, 2.05) is 22.8 Å². The second kappa shape index (κ2) is 9.32. The molecule has 0 bridgehead atoms. The number of nitrogens with one attached hydrogen (secondary N) is 2. The van der Waals surface area contributed by atoms with Crippen molar-refractivity contribution in [3.8, 4) is 5.75 Å². The van der Waals surface area contributed by atoms with Gasteiger partial charge in [0.15, 0.2) is 6.29 Å². The molecule has 3 N–H and O–H groups in total. The highest BCUT2D eigenvalue weighted by Gasteiger charge is 2.24. The number of aromatic amines is 1. The average Bonchev–Trinajstić information content (AvgIpc) is 3.37. The summed E-state index contributed by atoms with van der Waals surface area (Å²) in [5.74, 6) is 0.200. The fourth-order valence-electron chi connectivity index (χ4n) is 3.73. The van der Waals surface area contributed by atoms with Gasteiger partial charge in [-0.3, -0.25) is 9.59 Å². The lowest BCUT2D eigenvalue weighted by Crippen LogP contribution is -2.20. The number of allylic oxidation sites excluding steroid dienone is 1. The maximum absolute atomic E-state index is 13.1. The largest absolute Gasteiger partial charge is 0.497 e. The van der Waals surface area contributed by atoms with Crippen LogP contribution in [0.3, 0.4) is 0 Å². The number of fused-ring (bicyclic) bond motifs is 1. The number of likely N-dealkylation sites (N-methyl/N-ethyl adjacent to an activating group) is 1. The minimum Gasteiger partial charge on any atom is -0.497 e. The first-order valence-electron chi connectivity index (χ1n) is 9.70. The van der Waals surface area contributed by atoms with Crippen LogP contribution < -0.4 is 10.1 Å². The van der Waals surface area contributed by atoms with Gasteiger partial charge in [0.1, 0.15) is 5.75 Å². The van der Waals surface area contributed by atoms with Gasteiger partial charge in [0.05, 0.1) is 19.3 Å². The molecular formula is C24H25N3O4. The summed E-state index contributed by atoms with van der Waals surface area (Å²) in [7, 11) is 3.07. The van der Waals surface area contributed by atoms with Crippen molar-refractivity contribution in [1.82, 2.24) is 14.9 Å². The van der Waals surface area contributed by atoms with Crippen LogP contribution in [-0.4, -0.2) is 47.6 Å². The number of benzene rings is 1. The van der Waals surface area contributed by atoms with Gasteiger partial charge in [0.2, 0.25) is 0 Å². The van der Waals surface area contributed by atoms with Crippen LogP contribution in [0, 0.1) is 0 Å². The van der Waals surface area contributed by atoms with E-state index in [0.717, 1.165) is 10.9 Å². The Balaban J connectivity index is 2.43. The molecule has 31 heavy (non-hydrogen) atoms. The van der Waals surface area contributed by atoms with Crippen molar-refractivity contribution in [1.29, 1.82) is 0 Å². The smallest absolute Gasteiger partial charge is 0.252 e. The maximum Gasteiger partial charge on any atom is 0.252 e. The molecule has 0 radical (unpaired) electrons. The van der Waals surface area contributed by atoms with Gasteiger partial charge >= 0.3 is 0 Å². The van der Waals surface area contributed by atoms with Crippen molar-refractivity contribution < 1.29 is 19.4 Å². The number of amides is 1. The van der Waals surface area contributed by atoms with Gasteiger partial charge in [-0.25, -0.2) is 0 Å². The molecule has 0 saturated heterocycles. The summed E-state index contributed by atoms with van der Waals surface area (Å²) in [6, 6.07) is 5.48. The number of methoxy groups -OCH3 is 1. The lowest BCUT2D eigenvalue weighted by atomic mass is 9.93. The van der Waals surface area contributed by atoms with Crippen LogP contribution in [-0.2, 0) is 16.1 Å². The van der Waals surface area contributed by atoms with E-state index < -0.39 is 5.91 Å². The number of aldehydes is 1. The molecule has 0 aliphatic carbocycles. The number of hydrogen-bond acceptors (Lipinski definition) is 4. The normalized spacial score (nSPS) is 11.7. The van der Waals surface area contributed by atoms with Gasteiger partial charge in [0.25, 0.3) is 5.91 Å². The lowest BCUT2D eigenvalue weighted by Gasteiger charge is -2.11. The summed E-state index contributed by atoms with van der Waals surface area (Å²) in [4.78, 5) is 28.4. The third-order valence-electron chi connectivity index (χ3n) is 5.19. The molecule has 3 rings (SSSR count). The number of aromatic nitrogens is 2. The van der Waals surface area contributed by atoms with E-state index in [2.05, 4.69) is 23.5 Å². The number of rotatable bonds is 9. The number of aliphatic hydroxyl groups excluding tert-OH is 1. The summed E-state index contributed by atoms with van der Waals surface area (Å²) in [5, 5.41) is 12.9. The molecule has 0 unspecified atom stereocenters. The first-order valence-corrected chi connectivity index (χ1v) is 9.70. The van der Waals surface area contributed by atoms with Crippen LogP contribution in [0.15, 0.2) is 43.8 Å². The highest BCUT2D eigenvalue weighted by molar-refractivity contribution is 6.37. The van der Waals surface area contributed by atoms with Crippen LogP contribution in [0.2, 0.25) is 0 Å². The van der Waals surface area contributed by atoms with Crippen molar-refractivity contribution in [2.24, 2.45) is 0 Å². The third kappa shape index (κ3) is 3.83. The Morgan fingerprint density at radius 2 is 2.06 bits per heavy atom. The van der Waals surface area contributed by atoms with E-state index in [9.17, 15) is 14.7 Å². The van der Waals surface area contributed by atoms with Crippen molar-refractivity contribution in [2.45, 2.75) is 6.54 Å². The zero-order valence-corrected chi connectivity index (χ0v) is 17.6. The zero-order valence-electron chi connectivity index (χ0n) is 17.6. The molecule has 0 atom stereocenters. The van der Waals surface area contributed by atoms with E-state index in [-0.39, 0.29) is 17.8 Å². The number of carbonyl (C=O) groups is 2. The SMILES string of the molecule is C=Cc1[nH]cc(/C(C=O)=C(/C(=O)NC)c2cn(CCO)c3ccc(OC)cc23)c1C=C. The number of H-pyrrole nitrogens is 1. The van der Waals surface area contributed by atoms with Crippen LogP contribution >= 0.6 is 0 Å². The summed E-state index contributed by atoms with van der Waals surface area (Å²) in [6.45, 7) is 7.87. The molecule has 0 saturated carbocycles. The molecule has 1 aromatic carbocycles. The molecular weight excluding hydrogens is 394 g/mol. The van der Waals surface area contributed by atoms with Gasteiger partial charge in [-0.1, -0.05) is 19.2 Å². The molecule has 0 aliphatic heterocycles. The van der Waals surface area contributed by atoms with Gasteiger partial charge in [-0.15, -0.1) is 0 Å².